The number of rotatable bonds is 2. The summed E-state index contributed by atoms with van der Waals surface area (Å²) in [5.74, 6) is -0.766. The number of nitrogens with zero attached hydrogens (tertiary/aromatic N) is 1. The van der Waals surface area contributed by atoms with Crippen LogP contribution in [0.4, 0.5) is 13.2 Å². The smallest absolute Gasteiger partial charge is 0.347 e. The predicted octanol–water partition coefficient (Wildman–Crippen LogP) is 2.07. The van der Waals surface area contributed by atoms with Crippen molar-refractivity contribution in [2.75, 3.05) is 26.3 Å². The Bertz CT molecular complexity index is 1060. The van der Waals surface area contributed by atoms with Crippen LogP contribution in [0.25, 0.3) is 10.9 Å². The molecule has 1 aromatic heterocycles. The summed E-state index contributed by atoms with van der Waals surface area (Å²) >= 11 is 0. The number of piperidine rings is 1. The average Bonchev–Trinajstić information content (AvgIpc) is 3.08. The lowest BCUT2D eigenvalue weighted by atomic mass is 10.1. The Labute approximate surface area is 158 Å². The number of hydrogen-bond acceptors (Lipinski definition) is 5. The third-order valence-corrected chi connectivity index (χ3v) is 6.95. The SMILES string of the molecule is O=c1cc(C(F)(F)F)c2cc(S(=O)(=O)N3CCC4(CC3)OCCO4)ccc2[nH]1. The van der Waals surface area contributed by atoms with Crippen molar-refractivity contribution in [2.24, 2.45) is 0 Å². The van der Waals surface area contributed by atoms with E-state index in [1.54, 1.807) is 0 Å². The minimum atomic E-state index is -4.79. The molecule has 2 aliphatic rings. The lowest BCUT2D eigenvalue weighted by Gasteiger charge is -2.36. The van der Waals surface area contributed by atoms with Crippen molar-refractivity contribution in [1.29, 1.82) is 0 Å². The molecule has 7 nitrogen and oxygen atoms in total. The Morgan fingerprint density at radius 3 is 2.32 bits per heavy atom. The molecule has 0 aliphatic carbocycles. The highest BCUT2D eigenvalue weighted by Gasteiger charge is 2.43. The van der Waals surface area contributed by atoms with Crippen LogP contribution in [-0.4, -0.2) is 49.8 Å². The van der Waals surface area contributed by atoms with E-state index in [0.717, 1.165) is 6.07 Å². The van der Waals surface area contributed by atoms with Crippen molar-refractivity contribution < 1.29 is 31.1 Å². The standard InChI is InChI=1S/C17H17F3N2O5S/c18-17(19,20)13-10-15(23)21-14-2-1-11(9-12(13)14)28(24,25)22-5-3-16(4-6-22)26-7-8-27-16/h1-2,9-10H,3-8H2,(H,21,23). The van der Waals surface area contributed by atoms with Crippen molar-refractivity contribution in [2.45, 2.75) is 29.7 Å². The number of ether oxygens (including phenoxy) is 2. The zero-order valence-corrected chi connectivity index (χ0v) is 15.4. The van der Waals surface area contributed by atoms with Gasteiger partial charge < -0.3 is 14.5 Å². The summed E-state index contributed by atoms with van der Waals surface area (Å²) in [5, 5.41) is -0.371. The van der Waals surface area contributed by atoms with Gasteiger partial charge in [0.2, 0.25) is 15.6 Å². The molecule has 2 aromatic rings. The molecule has 1 aromatic carbocycles. The first kappa shape index (κ1) is 19.4. The highest BCUT2D eigenvalue weighted by molar-refractivity contribution is 7.89. The van der Waals surface area contributed by atoms with Crippen molar-refractivity contribution >= 4 is 20.9 Å². The predicted molar refractivity (Wildman–Crippen MR) is 92.2 cm³/mol. The van der Waals surface area contributed by atoms with Crippen molar-refractivity contribution in [3.63, 3.8) is 0 Å². The van der Waals surface area contributed by atoms with Gasteiger partial charge in [-0.1, -0.05) is 0 Å². The Kier molecular flexibility index (Phi) is 4.53. The summed E-state index contributed by atoms with van der Waals surface area (Å²) in [6.07, 6.45) is -4.09. The highest BCUT2D eigenvalue weighted by atomic mass is 32.2. The number of aromatic amines is 1. The summed E-state index contributed by atoms with van der Waals surface area (Å²) in [6, 6.07) is 3.75. The summed E-state index contributed by atoms with van der Waals surface area (Å²) < 4.78 is 78.2. The van der Waals surface area contributed by atoms with E-state index in [2.05, 4.69) is 4.98 Å². The maximum atomic E-state index is 13.3. The van der Waals surface area contributed by atoms with E-state index < -0.39 is 33.1 Å². The van der Waals surface area contributed by atoms with Crippen LogP contribution < -0.4 is 5.56 Å². The van der Waals surface area contributed by atoms with Crippen LogP contribution in [0.3, 0.4) is 0 Å². The Balaban J connectivity index is 1.70. The Morgan fingerprint density at radius 2 is 1.71 bits per heavy atom. The van der Waals surface area contributed by atoms with Gasteiger partial charge in [-0.2, -0.15) is 17.5 Å². The molecule has 1 spiro atoms. The van der Waals surface area contributed by atoms with Crippen LogP contribution in [-0.2, 0) is 25.7 Å². The van der Waals surface area contributed by atoms with E-state index in [-0.39, 0.29) is 28.9 Å². The molecule has 0 saturated carbocycles. The Morgan fingerprint density at radius 1 is 1.07 bits per heavy atom. The first-order valence-electron chi connectivity index (χ1n) is 8.63. The topological polar surface area (TPSA) is 88.7 Å². The molecule has 4 rings (SSSR count). The van der Waals surface area contributed by atoms with Crippen LogP contribution in [0, 0.1) is 0 Å². The lowest BCUT2D eigenvalue weighted by Crippen LogP contribution is -2.47. The van der Waals surface area contributed by atoms with Crippen molar-refractivity contribution in [3.05, 3.63) is 40.2 Å². The van der Waals surface area contributed by atoms with Gasteiger partial charge in [0.15, 0.2) is 5.79 Å². The second-order valence-electron chi connectivity index (χ2n) is 6.76. The van der Waals surface area contributed by atoms with Gasteiger partial charge in [-0.05, 0) is 18.2 Å². The highest BCUT2D eigenvalue weighted by Crippen LogP contribution is 2.36. The Hall–Kier alpha value is -1.95. The maximum absolute atomic E-state index is 13.3. The van der Waals surface area contributed by atoms with Gasteiger partial charge >= 0.3 is 6.18 Å². The summed E-state index contributed by atoms with van der Waals surface area (Å²) in [5.41, 5.74) is -2.16. The zero-order valence-electron chi connectivity index (χ0n) is 14.6. The molecule has 0 atom stereocenters. The minimum absolute atomic E-state index is 0.0795. The van der Waals surface area contributed by atoms with Gasteiger partial charge in [0.1, 0.15) is 0 Å². The molecule has 0 unspecified atom stereocenters. The normalized spacial score (nSPS) is 20.8. The number of alkyl halides is 3. The number of pyridine rings is 1. The second-order valence-corrected chi connectivity index (χ2v) is 8.70. The largest absolute Gasteiger partial charge is 0.417 e. The molecule has 1 N–H and O–H groups in total. The van der Waals surface area contributed by atoms with Gasteiger partial charge in [-0.3, -0.25) is 4.79 Å². The zero-order chi connectivity index (χ0) is 20.2. The van der Waals surface area contributed by atoms with E-state index >= 15 is 0 Å². The molecule has 3 heterocycles. The molecular formula is C17H17F3N2O5S. The number of H-pyrrole nitrogens is 1. The number of hydrogen-bond donors (Lipinski definition) is 1. The van der Waals surface area contributed by atoms with E-state index in [1.165, 1.54) is 16.4 Å². The number of sulfonamides is 1. The van der Waals surface area contributed by atoms with Crippen LogP contribution >= 0.6 is 0 Å². The fourth-order valence-corrected chi connectivity index (χ4v) is 5.10. The summed E-state index contributed by atoms with van der Waals surface area (Å²) in [6.45, 7) is 1.18. The van der Waals surface area contributed by atoms with Crippen LogP contribution in [0.2, 0.25) is 0 Å². The molecule has 2 saturated heterocycles. The number of benzene rings is 1. The molecule has 152 valence electrons. The maximum Gasteiger partial charge on any atom is 0.417 e. The fourth-order valence-electron chi connectivity index (χ4n) is 3.63. The second kappa shape index (κ2) is 6.55. The van der Waals surface area contributed by atoms with Gasteiger partial charge in [-0.25, -0.2) is 8.42 Å². The molecule has 0 radical (unpaired) electrons. The first-order valence-corrected chi connectivity index (χ1v) is 10.1. The van der Waals surface area contributed by atoms with Gasteiger partial charge in [0.05, 0.1) is 23.7 Å². The summed E-state index contributed by atoms with van der Waals surface area (Å²) in [4.78, 5) is 13.5. The quantitative estimate of drug-likeness (QED) is 0.807. The number of halogens is 3. The van der Waals surface area contributed by atoms with Crippen LogP contribution in [0.5, 0.6) is 0 Å². The van der Waals surface area contributed by atoms with E-state index in [4.69, 9.17) is 9.47 Å². The van der Waals surface area contributed by atoms with Crippen molar-refractivity contribution in [1.82, 2.24) is 9.29 Å². The summed E-state index contributed by atoms with van der Waals surface area (Å²) in [7, 11) is -4.01. The van der Waals surface area contributed by atoms with Crippen LogP contribution in [0.1, 0.15) is 18.4 Å². The molecule has 28 heavy (non-hydrogen) atoms. The fraction of sp³-hybridized carbons (Fsp3) is 0.471. The van der Waals surface area contributed by atoms with E-state index in [1.807, 2.05) is 0 Å². The number of fused-ring (bicyclic) bond motifs is 1. The van der Waals surface area contributed by atoms with E-state index in [9.17, 15) is 26.4 Å². The van der Waals surface area contributed by atoms with Gasteiger partial charge in [-0.15, -0.1) is 0 Å². The van der Waals surface area contributed by atoms with E-state index in [0.29, 0.717) is 32.1 Å². The van der Waals surface area contributed by atoms with Crippen LogP contribution in [0.15, 0.2) is 34.0 Å². The molecule has 0 bridgehead atoms. The molecule has 0 amide bonds. The molecule has 11 heteroatoms. The number of nitrogens with one attached hydrogen (secondary N) is 1. The van der Waals surface area contributed by atoms with Gasteiger partial charge in [0.25, 0.3) is 0 Å². The lowest BCUT2D eigenvalue weighted by molar-refractivity contribution is -0.179. The third kappa shape index (κ3) is 3.32. The monoisotopic (exact) mass is 418 g/mol. The average molecular weight is 418 g/mol. The third-order valence-electron chi connectivity index (χ3n) is 5.06. The molecule has 2 fully saturated rings. The van der Waals surface area contributed by atoms with Gasteiger partial charge in [0, 0.05) is 42.9 Å². The molecule has 2 aliphatic heterocycles. The molecular weight excluding hydrogens is 401 g/mol. The minimum Gasteiger partial charge on any atom is -0.347 e. The van der Waals surface area contributed by atoms with Crippen molar-refractivity contribution in [3.8, 4) is 0 Å². The number of aromatic nitrogens is 1. The first-order chi connectivity index (χ1) is 13.1.